The molecule has 0 saturated heterocycles. The number of hydrogen-bond acceptors (Lipinski definition) is 2. The summed E-state index contributed by atoms with van der Waals surface area (Å²) >= 11 is 1.89. The Morgan fingerprint density at radius 3 is 1.86 bits per heavy atom. The van der Waals surface area contributed by atoms with Crippen LogP contribution in [0.3, 0.4) is 0 Å². The molecule has 1 aromatic heterocycles. The second-order valence-corrected chi connectivity index (χ2v) is 5.36. The lowest BCUT2D eigenvalue weighted by Gasteiger charge is -2.02. The van der Waals surface area contributed by atoms with Crippen LogP contribution in [0.2, 0.25) is 0 Å². The molecule has 0 saturated carbocycles. The van der Waals surface area contributed by atoms with E-state index in [-0.39, 0.29) is 0 Å². The molecule has 0 radical (unpaired) electrons. The molecule has 0 unspecified atom stereocenters. The quantitative estimate of drug-likeness (QED) is 0.643. The lowest BCUT2D eigenvalue weighted by molar-refractivity contribution is 0.881. The molecule has 1 rings (SSSR count). The van der Waals surface area contributed by atoms with Crippen LogP contribution in [-0.4, -0.2) is 6.72 Å². The Labute approximate surface area is 90.9 Å². The van der Waals surface area contributed by atoms with E-state index in [1.54, 1.807) is 0 Å². The van der Waals surface area contributed by atoms with Gasteiger partial charge in [-0.25, -0.2) is 0 Å². The van der Waals surface area contributed by atoms with Gasteiger partial charge in [0.1, 0.15) is 0 Å². The first kappa shape index (κ1) is 11.4. The Balaban J connectivity index is 3.31. The monoisotopic (exact) mass is 209 g/mol. The summed E-state index contributed by atoms with van der Waals surface area (Å²) < 4.78 is 0. The van der Waals surface area contributed by atoms with Crippen LogP contribution in [0.25, 0.3) is 0 Å². The first-order valence-electron chi connectivity index (χ1n) is 5.08. The summed E-state index contributed by atoms with van der Waals surface area (Å²) in [6, 6.07) is 0. The van der Waals surface area contributed by atoms with E-state index in [0.717, 1.165) is 5.69 Å². The van der Waals surface area contributed by atoms with E-state index in [0.29, 0.717) is 11.8 Å². The summed E-state index contributed by atoms with van der Waals surface area (Å²) in [6.07, 6.45) is 0. The normalized spacial score (nSPS) is 11.4. The largest absolute Gasteiger partial charge is 0.263 e. The third-order valence-electron chi connectivity index (χ3n) is 2.38. The first-order valence-corrected chi connectivity index (χ1v) is 5.90. The van der Waals surface area contributed by atoms with Gasteiger partial charge in [-0.3, -0.25) is 4.99 Å². The van der Waals surface area contributed by atoms with E-state index in [4.69, 9.17) is 0 Å². The van der Waals surface area contributed by atoms with Crippen molar-refractivity contribution in [1.82, 2.24) is 0 Å². The highest BCUT2D eigenvalue weighted by Gasteiger charge is 2.17. The van der Waals surface area contributed by atoms with E-state index in [2.05, 4.69) is 46.3 Å². The van der Waals surface area contributed by atoms with Gasteiger partial charge in [0.15, 0.2) is 0 Å². The number of nitrogens with zero attached hydrogens (tertiary/aromatic N) is 1. The van der Waals surface area contributed by atoms with Crippen LogP contribution >= 0.6 is 11.3 Å². The Kier molecular flexibility index (Phi) is 3.48. The van der Waals surface area contributed by atoms with Gasteiger partial charge in [-0.2, -0.15) is 0 Å². The van der Waals surface area contributed by atoms with E-state index in [9.17, 15) is 0 Å². The molecule has 0 N–H and O–H groups in total. The highest BCUT2D eigenvalue weighted by atomic mass is 32.1. The van der Waals surface area contributed by atoms with E-state index < -0.39 is 0 Å². The highest BCUT2D eigenvalue weighted by molar-refractivity contribution is 7.13. The smallest absolute Gasteiger partial charge is 0.0796 e. The molecule has 78 valence electrons. The van der Waals surface area contributed by atoms with Crippen molar-refractivity contribution in [3.05, 3.63) is 15.3 Å². The fourth-order valence-electron chi connectivity index (χ4n) is 1.68. The molecule has 0 spiro atoms. The first-order chi connectivity index (χ1) is 6.49. The molecule has 0 atom stereocenters. The predicted octanol–water partition coefficient (Wildman–Crippen LogP) is 4.64. The van der Waals surface area contributed by atoms with E-state index in [1.807, 2.05) is 11.3 Å². The molecule has 0 aliphatic rings. The van der Waals surface area contributed by atoms with Crippen LogP contribution in [0.4, 0.5) is 5.69 Å². The molecule has 0 aromatic carbocycles. The van der Waals surface area contributed by atoms with Crippen LogP contribution in [-0.2, 0) is 0 Å². The van der Waals surface area contributed by atoms with Gasteiger partial charge in [-0.1, -0.05) is 27.7 Å². The van der Waals surface area contributed by atoms with Gasteiger partial charge in [0.25, 0.3) is 0 Å². The maximum atomic E-state index is 4.15. The number of rotatable bonds is 3. The van der Waals surface area contributed by atoms with Crippen molar-refractivity contribution in [2.45, 2.75) is 46.5 Å². The molecule has 1 heterocycles. The van der Waals surface area contributed by atoms with Crippen molar-refractivity contribution < 1.29 is 0 Å². The Morgan fingerprint density at radius 2 is 1.57 bits per heavy atom. The fraction of sp³-hybridized carbons (Fsp3) is 0.583. The van der Waals surface area contributed by atoms with Crippen LogP contribution in [0, 0.1) is 6.92 Å². The van der Waals surface area contributed by atoms with Gasteiger partial charge in [0.2, 0.25) is 0 Å². The molecule has 14 heavy (non-hydrogen) atoms. The minimum absolute atomic E-state index is 0.548. The van der Waals surface area contributed by atoms with Gasteiger partial charge in [-0.05, 0) is 31.0 Å². The minimum Gasteiger partial charge on any atom is -0.263 e. The van der Waals surface area contributed by atoms with Crippen LogP contribution < -0.4 is 0 Å². The van der Waals surface area contributed by atoms with Gasteiger partial charge in [0.05, 0.1) is 5.69 Å². The lowest BCUT2D eigenvalue weighted by Crippen LogP contribution is -1.83. The van der Waals surface area contributed by atoms with Crippen molar-refractivity contribution in [2.24, 2.45) is 4.99 Å². The van der Waals surface area contributed by atoms with Crippen molar-refractivity contribution in [2.75, 3.05) is 0 Å². The summed E-state index contributed by atoms with van der Waals surface area (Å²) in [5, 5.41) is 0. The molecular weight excluding hydrogens is 190 g/mol. The third kappa shape index (κ3) is 1.90. The number of thiophene rings is 1. The number of aliphatic imine (C=N–C) groups is 1. The molecule has 2 heteroatoms. The van der Waals surface area contributed by atoms with Gasteiger partial charge < -0.3 is 0 Å². The average Bonchev–Trinajstić information content (AvgIpc) is 2.42. The van der Waals surface area contributed by atoms with Crippen molar-refractivity contribution in [3.63, 3.8) is 0 Å². The van der Waals surface area contributed by atoms with Crippen molar-refractivity contribution in [1.29, 1.82) is 0 Å². The summed E-state index contributed by atoms with van der Waals surface area (Å²) in [5.41, 5.74) is 2.44. The second-order valence-electron chi connectivity index (χ2n) is 4.27. The molecule has 1 aromatic rings. The van der Waals surface area contributed by atoms with Gasteiger partial charge in [-0.15, -0.1) is 11.3 Å². The zero-order chi connectivity index (χ0) is 10.9. The highest BCUT2D eigenvalue weighted by Crippen LogP contribution is 2.42. The van der Waals surface area contributed by atoms with Gasteiger partial charge in [0, 0.05) is 9.75 Å². The summed E-state index contributed by atoms with van der Waals surface area (Å²) in [7, 11) is 0. The molecule has 0 aliphatic carbocycles. The predicted molar refractivity (Wildman–Crippen MR) is 66.4 cm³/mol. The van der Waals surface area contributed by atoms with Crippen LogP contribution in [0.5, 0.6) is 0 Å². The molecule has 0 fully saturated rings. The summed E-state index contributed by atoms with van der Waals surface area (Å²) in [6.45, 7) is 14.7. The topological polar surface area (TPSA) is 12.4 Å². The molecule has 0 aliphatic heterocycles. The standard InChI is InChI=1S/C12H19NS/c1-7(2)11-9(5)10(13-6)12(14-11)8(3)4/h7-8H,6H2,1-5H3. The van der Waals surface area contributed by atoms with Crippen LogP contribution in [0.15, 0.2) is 4.99 Å². The Morgan fingerprint density at radius 1 is 1.07 bits per heavy atom. The summed E-state index contributed by atoms with van der Waals surface area (Å²) in [4.78, 5) is 6.99. The molecule has 0 amide bonds. The Hall–Kier alpha value is -0.630. The van der Waals surface area contributed by atoms with E-state index in [1.165, 1.54) is 15.3 Å². The SMILES string of the molecule is C=Nc1c(C(C)C)sc(C(C)C)c1C. The second kappa shape index (κ2) is 4.26. The zero-order valence-electron chi connectivity index (χ0n) is 9.72. The molecular formula is C12H19NS. The Bertz CT molecular complexity index is 334. The molecule has 0 bridgehead atoms. The molecule has 1 nitrogen and oxygen atoms in total. The number of hydrogen-bond donors (Lipinski definition) is 0. The lowest BCUT2D eigenvalue weighted by atomic mass is 10.1. The minimum atomic E-state index is 0.548. The fourth-order valence-corrected chi connectivity index (χ4v) is 2.96. The maximum Gasteiger partial charge on any atom is 0.0796 e. The van der Waals surface area contributed by atoms with E-state index >= 15 is 0 Å². The maximum absolute atomic E-state index is 4.15. The van der Waals surface area contributed by atoms with Crippen LogP contribution in [0.1, 0.15) is 54.8 Å². The van der Waals surface area contributed by atoms with Crippen molar-refractivity contribution >= 4 is 23.7 Å². The summed E-state index contributed by atoms with van der Waals surface area (Å²) in [5.74, 6) is 1.14. The zero-order valence-corrected chi connectivity index (χ0v) is 10.5. The van der Waals surface area contributed by atoms with Crippen molar-refractivity contribution in [3.8, 4) is 0 Å². The third-order valence-corrected chi connectivity index (χ3v) is 4.27. The van der Waals surface area contributed by atoms with Gasteiger partial charge >= 0.3 is 0 Å². The average molecular weight is 209 g/mol.